The minimum atomic E-state index is -3.38. The second-order valence-electron chi connectivity index (χ2n) is 5.90. The van der Waals surface area contributed by atoms with Gasteiger partial charge in [0.25, 0.3) is 0 Å². The van der Waals surface area contributed by atoms with E-state index in [1.165, 1.54) is 0 Å². The lowest BCUT2D eigenvalue weighted by Crippen LogP contribution is -2.53. The first-order chi connectivity index (χ1) is 9.35. The SMILES string of the molecule is O=C(O)CC1(NC(=O)C2CCCCS2(=O)=O)CCCC1. The molecule has 0 aromatic heterocycles. The van der Waals surface area contributed by atoms with Gasteiger partial charge < -0.3 is 10.4 Å². The Bertz CT molecular complexity index is 493. The van der Waals surface area contributed by atoms with E-state index in [9.17, 15) is 18.0 Å². The molecule has 1 heterocycles. The van der Waals surface area contributed by atoms with E-state index >= 15 is 0 Å². The van der Waals surface area contributed by atoms with E-state index in [2.05, 4.69) is 5.32 Å². The summed E-state index contributed by atoms with van der Waals surface area (Å²) in [7, 11) is -3.38. The van der Waals surface area contributed by atoms with Gasteiger partial charge >= 0.3 is 5.97 Å². The molecule has 1 saturated carbocycles. The number of carbonyl (C=O) groups excluding carboxylic acids is 1. The van der Waals surface area contributed by atoms with Crippen molar-refractivity contribution in [1.29, 1.82) is 0 Å². The van der Waals surface area contributed by atoms with Gasteiger partial charge in [-0.1, -0.05) is 19.3 Å². The van der Waals surface area contributed by atoms with Crippen LogP contribution in [0.25, 0.3) is 0 Å². The highest BCUT2D eigenvalue weighted by atomic mass is 32.2. The fraction of sp³-hybridized carbons (Fsp3) is 0.846. The van der Waals surface area contributed by atoms with Crippen molar-refractivity contribution in [1.82, 2.24) is 5.32 Å². The number of amides is 1. The van der Waals surface area contributed by atoms with Crippen LogP contribution in [0.5, 0.6) is 0 Å². The normalized spacial score (nSPS) is 27.9. The molecule has 0 radical (unpaired) electrons. The number of sulfone groups is 1. The highest BCUT2D eigenvalue weighted by Crippen LogP contribution is 2.33. The van der Waals surface area contributed by atoms with E-state index in [0.717, 1.165) is 19.3 Å². The first-order valence-electron chi connectivity index (χ1n) is 7.10. The van der Waals surface area contributed by atoms with Crippen molar-refractivity contribution in [2.24, 2.45) is 0 Å². The van der Waals surface area contributed by atoms with E-state index < -0.39 is 32.5 Å². The molecule has 2 aliphatic rings. The molecule has 1 amide bonds. The fourth-order valence-electron chi connectivity index (χ4n) is 3.28. The van der Waals surface area contributed by atoms with Crippen LogP contribution in [-0.2, 0) is 19.4 Å². The van der Waals surface area contributed by atoms with Crippen LogP contribution in [0.1, 0.15) is 51.4 Å². The average Bonchev–Trinajstić information content (AvgIpc) is 2.75. The van der Waals surface area contributed by atoms with Crippen LogP contribution in [0, 0.1) is 0 Å². The summed E-state index contributed by atoms with van der Waals surface area (Å²) in [5.74, 6) is -1.41. The van der Waals surface area contributed by atoms with Gasteiger partial charge in [0.05, 0.1) is 17.7 Å². The number of hydrogen-bond acceptors (Lipinski definition) is 4. The number of hydrogen-bond donors (Lipinski definition) is 2. The van der Waals surface area contributed by atoms with E-state index in [1.54, 1.807) is 0 Å². The van der Waals surface area contributed by atoms with Crippen molar-refractivity contribution in [2.45, 2.75) is 62.2 Å². The maximum Gasteiger partial charge on any atom is 0.305 e. The lowest BCUT2D eigenvalue weighted by atomic mass is 9.93. The van der Waals surface area contributed by atoms with Crippen molar-refractivity contribution < 1.29 is 23.1 Å². The highest BCUT2D eigenvalue weighted by molar-refractivity contribution is 7.92. The number of carbonyl (C=O) groups is 2. The van der Waals surface area contributed by atoms with Crippen LogP contribution in [0.3, 0.4) is 0 Å². The number of aliphatic carboxylic acids is 1. The molecule has 6 nitrogen and oxygen atoms in total. The molecule has 2 N–H and O–H groups in total. The van der Waals surface area contributed by atoms with Crippen molar-refractivity contribution in [2.75, 3.05) is 5.75 Å². The molecule has 1 unspecified atom stereocenters. The molecular weight excluding hydrogens is 282 g/mol. The number of carboxylic acid groups (broad SMARTS) is 1. The first-order valence-corrected chi connectivity index (χ1v) is 8.82. The van der Waals surface area contributed by atoms with Crippen LogP contribution in [0.2, 0.25) is 0 Å². The van der Waals surface area contributed by atoms with E-state index in [4.69, 9.17) is 5.11 Å². The summed E-state index contributed by atoms with van der Waals surface area (Å²) < 4.78 is 23.9. The molecule has 1 saturated heterocycles. The van der Waals surface area contributed by atoms with Crippen LogP contribution in [-0.4, -0.2) is 41.9 Å². The standard InChI is InChI=1S/C13H21NO5S/c15-11(16)9-13(6-2-3-7-13)14-12(17)10-5-1-4-8-20(10,18)19/h10H,1-9H2,(H,14,17)(H,15,16). The minimum absolute atomic E-state index is 0.0526. The summed E-state index contributed by atoms with van der Waals surface area (Å²) in [6.07, 6.45) is 4.49. The smallest absolute Gasteiger partial charge is 0.305 e. The van der Waals surface area contributed by atoms with Gasteiger partial charge in [-0.3, -0.25) is 9.59 Å². The summed E-state index contributed by atoms with van der Waals surface area (Å²) in [5, 5.41) is 10.7. The summed E-state index contributed by atoms with van der Waals surface area (Å²) in [4.78, 5) is 23.2. The van der Waals surface area contributed by atoms with Gasteiger partial charge in [0.15, 0.2) is 9.84 Å². The number of carboxylic acids is 1. The first kappa shape index (κ1) is 15.3. The van der Waals surface area contributed by atoms with Gasteiger partial charge in [0.2, 0.25) is 5.91 Å². The van der Waals surface area contributed by atoms with Crippen molar-refractivity contribution in [3.05, 3.63) is 0 Å². The predicted molar refractivity (Wildman–Crippen MR) is 73.0 cm³/mol. The maximum atomic E-state index is 12.3. The van der Waals surface area contributed by atoms with Crippen molar-refractivity contribution >= 4 is 21.7 Å². The lowest BCUT2D eigenvalue weighted by molar-refractivity contribution is -0.139. The monoisotopic (exact) mass is 303 g/mol. The third-order valence-electron chi connectivity index (χ3n) is 4.31. The molecule has 0 aromatic rings. The van der Waals surface area contributed by atoms with Crippen LogP contribution in [0.4, 0.5) is 0 Å². The molecule has 7 heteroatoms. The lowest BCUT2D eigenvalue weighted by Gasteiger charge is -2.31. The zero-order valence-electron chi connectivity index (χ0n) is 11.4. The third kappa shape index (κ3) is 3.31. The van der Waals surface area contributed by atoms with Gasteiger partial charge in [-0.25, -0.2) is 8.42 Å². The molecule has 1 aliphatic carbocycles. The Morgan fingerprint density at radius 2 is 1.80 bits per heavy atom. The molecule has 1 atom stereocenters. The quantitative estimate of drug-likeness (QED) is 0.802. The van der Waals surface area contributed by atoms with E-state index in [-0.39, 0.29) is 12.2 Å². The molecule has 114 valence electrons. The Hall–Kier alpha value is -1.11. The fourth-order valence-corrected chi connectivity index (χ4v) is 5.08. The van der Waals surface area contributed by atoms with Crippen LogP contribution in [0.15, 0.2) is 0 Å². The summed E-state index contributed by atoms with van der Waals surface area (Å²) >= 11 is 0. The number of rotatable bonds is 4. The Labute approximate surface area is 118 Å². The Morgan fingerprint density at radius 1 is 1.15 bits per heavy atom. The van der Waals surface area contributed by atoms with Crippen LogP contribution >= 0.6 is 0 Å². The van der Waals surface area contributed by atoms with Gasteiger partial charge in [-0.2, -0.15) is 0 Å². The molecule has 2 rings (SSSR count). The van der Waals surface area contributed by atoms with Gasteiger partial charge in [0, 0.05) is 0 Å². The largest absolute Gasteiger partial charge is 0.481 e. The molecule has 2 fully saturated rings. The third-order valence-corrected chi connectivity index (χ3v) is 6.48. The molecular formula is C13H21NO5S. The molecule has 0 bridgehead atoms. The average molecular weight is 303 g/mol. The predicted octanol–water partition coefficient (Wildman–Crippen LogP) is 0.857. The molecule has 1 aliphatic heterocycles. The van der Waals surface area contributed by atoms with Crippen molar-refractivity contribution in [3.8, 4) is 0 Å². The molecule has 0 spiro atoms. The van der Waals surface area contributed by atoms with E-state index in [1.807, 2.05) is 0 Å². The van der Waals surface area contributed by atoms with Gasteiger partial charge in [-0.05, 0) is 25.7 Å². The van der Waals surface area contributed by atoms with Crippen LogP contribution < -0.4 is 5.32 Å². The highest BCUT2D eigenvalue weighted by Gasteiger charge is 2.42. The van der Waals surface area contributed by atoms with E-state index in [0.29, 0.717) is 25.7 Å². The minimum Gasteiger partial charge on any atom is -0.481 e. The number of nitrogens with one attached hydrogen (secondary N) is 1. The van der Waals surface area contributed by atoms with Gasteiger partial charge in [0.1, 0.15) is 5.25 Å². The van der Waals surface area contributed by atoms with Gasteiger partial charge in [-0.15, -0.1) is 0 Å². The second-order valence-corrected chi connectivity index (χ2v) is 8.20. The summed E-state index contributed by atoms with van der Waals surface area (Å²) in [6, 6.07) is 0. The summed E-state index contributed by atoms with van der Waals surface area (Å²) in [6.45, 7) is 0. The zero-order valence-corrected chi connectivity index (χ0v) is 12.2. The Morgan fingerprint density at radius 3 is 2.35 bits per heavy atom. The summed E-state index contributed by atoms with van der Waals surface area (Å²) in [5.41, 5.74) is -0.754. The molecule has 20 heavy (non-hydrogen) atoms. The Balaban J connectivity index is 2.10. The Kier molecular flexibility index (Phi) is 4.36. The zero-order chi connectivity index (χ0) is 14.8. The second kappa shape index (κ2) is 5.71. The topological polar surface area (TPSA) is 101 Å². The molecule has 0 aromatic carbocycles. The van der Waals surface area contributed by atoms with Crippen molar-refractivity contribution in [3.63, 3.8) is 0 Å². The maximum absolute atomic E-state index is 12.3.